The van der Waals surface area contributed by atoms with Gasteiger partial charge in [0.1, 0.15) is 28.8 Å². The maximum Gasteiger partial charge on any atom is 0.221 e. The lowest BCUT2D eigenvalue weighted by Crippen LogP contribution is -2.05. The molecular formula is C25H21N3O3. The number of nitrogen functional groups attached to an aromatic ring is 1. The van der Waals surface area contributed by atoms with E-state index in [0.717, 1.165) is 11.3 Å². The second kappa shape index (κ2) is 9.00. The van der Waals surface area contributed by atoms with Crippen molar-refractivity contribution >= 4 is 17.4 Å². The Morgan fingerprint density at radius 2 is 1.55 bits per heavy atom. The Bertz CT molecular complexity index is 1190. The Hall–Kier alpha value is -4.32. The summed E-state index contributed by atoms with van der Waals surface area (Å²) in [5, 5.41) is 2.74. The molecule has 31 heavy (non-hydrogen) atoms. The largest absolute Gasteiger partial charge is 0.457 e. The number of benzene rings is 3. The number of hydrogen-bond donors (Lipinski definition) is 2. The van der Waals surface area contributed by atoms with E-state index in [0.29, 0.717) is 34.3 Å². The molecule has 154 valence electrons. The lowest BCUT2D eigenvalue weighted by atomic mass is 10.1. The second-order valence-corrected chi connectivity index (χ2v) is 6.82. The maximum absolute atomic E-state index is 11.3. The van der Waals surface area contributed by atoms with E-state index in [-0.39, 0.29) is 5.91 Å². The molecule has 0 aliphatic heterocycles. The zero-order valence-corrected chi connectivity index (χ0v) is 16.9. The van der Waals surface area contributed by atoms with Crippen molar-refractivity contribution < 1.29 is 14.3 Å². The van der Waals surface area contributed by atoms with Crippen LogP contribution in [0.3, 0.4) is 0 Å². The molecule has 0 bridgehead atoms. The monoisotopic (exact) mass is 411 g/mol. The molecule has 0 unspecified atom stereocenters. The number of carbonyl (C=O) groups excluding carboxylic acids is 1. The molecular weight excluding hydrogens is 390 g/mol. The minimum absolute atomic E-state index is 0.149. The number of nitrogens with one attached hydrogen (secondary N) is 1. The van der Waals surface area contributed by atoms with Gasteiger partial charge in [0, 0.05) is 24.9 Å². The molecule has 0 aliphatic carbocycles. The van der Waals surface area contributed by atoms with Crippen LogP contribution in [0.1, 0.15) is 6.92 Å². The Kier molecular flexibility index (Phi) is 5.80. The minimum Gasteiger partial charge on any atom is -0.457 e. The third-order valence-electron chi connectivity index (χ3n) is 4.45. The normalized spacial score (nSPS) is 10.4. The van der Waals surface area contributed by atoms with E-state index in [1.54, 1.807) is 30.5 Å². The number of para-hydroxylation sites is 1. The number of ether oxygens (including phenoxy) is 2. The molecule has 0 atom stereocenters. The van der Waals surface area contributed by atoms with Gasteiger partial charge in [-0.05, 0) is 48.0 Å². The quantitative estimate of drug-likeness (QED) is 0.414. The number of carbonyl (C=O) groups is 1. The van der Waals surface area contributed by atoms with Crippen molar-refractivity contribution in [2.24, 2.45) is 0 Å². The van der Waals surface area contributed by atoms with Crippen LogP contribution >= 0.6 is 0 Å². The van der Waals surface area contributed by atoms with Gasteiger partial charge in [-0.3, -0.25) is 4.79 Å². The number of rotatable bonds is 6. The summed E-state index contributed by atoms with van der Waals surface area (Å²) < 4.78 is 11.9. The number of nitrogens with two attached hydrogens (primary N) is 1. The third kappa shape index (κ3) is 5.00. The minimum atomic E-state index is -0.149. The SMILES string of the molecule is CC(=O)Nc1cccc(Oc2ccnc(N)c2-c2ccc(Oc3ccccc3)cc2)c1. The van der Waals surface area contributed by atoms with Gasteiger partial charge in [0.05, 0.1) is 5.56 Å². The Labute approximate surface area is 180 Å². The lowest BCUT2D eigenvalue weighted by Gasteiger charge is -2.14. The van der Waals surface area contributed by atoms with Gasteiger partial charge >= 0.3 is 0 Å². The number of anilines is 2. The van der Waals surface area contributed by atoms with Crippen molar-refractivity contribution in [3.63, 3.8) is 0 Å². The molecule has 1 amide bonds. The number of amides is 1. The smallest absolute Gasteiger partial charge is 0.221 e. The molecule has 6 heteroatoms. The van der Waals surface area contributed by atoms with Gasteiger partial charge in [0.15, 0.2) is 0 Å². The summed E-state index contributed by atoms with van der Waals surface area (Å²) in [5.41, 5.74) is 8.36. The number of aromatic nitrogens is 1. The zero-order valence-electron chi connectivity index (χ0n) is 16.9. The predicted octanol–water partition coefficient (Wildman–Crippen LogP) is 5.87. The molecule has 0 fully saturated rings. The fourth-order valence-corrected chi connectivity index (χ4v) is 3.12. The molecule has 4 rings (SSSR count). The van der Waals surface area contributed by atoms with Crippen LogP contribution in [0.5, 0.6) is 23.0 Å². The van der Waals surface area contributed by atoms with Gasteiger partial charge in [0.25, 0.3) is 0 Å². The van der Waals surface area contributed by atoms with Crippen molar-refractivity contribution in [3.05, 3.63) is 91.1 Å². The Balaban J connectivity index is 1.60. The first-order valence-electron chi connectivity index (χ1n) is 9.72. The van der Waals surface area contributed by atoms with Gasteiger partial charge < -0.3 is 20.5 Å². The highest BCUT2D eigenvalue weighted by Gasteiger charge is 2.13. The molecule has 0 saturated carbocycles. The van der Waals surface area contributed by atoms with E-state index >= 15 is 0 Å². The maximum atomic E-state index is 11.3. The number of nitrogens with zero attached hydrogens (tertiary/aromatic N) is 1. The van der Waals surface area contributed by atoms with Crippen molar-refractivity contribution in [3.8, 4) is 34.1 Å². The van der Waals surface area contributed by atoms with Crippen LogP contribution in [0.25, 0.3) is 11.1 Å². The summed E-state index contributed by atoms with van der Waals surface area (Å²) in [6.07, 6.45) is 1.60. The van der Waals surface area contributed by atoms with E-state index in [4.69, 9.17) is 15.2 Å². The molecule has 0 radical (unpaired) electrons. The highest BCUT2D eigenvalue weighted by atomic mass is 16.5. The van der Waals surface area contributed by atoms with Gasteiger partial charge in [-0.15, -0.1) is 0 Å². The Morgan fingerprint density at radius 3 is 2.29 bits per heavy atom. The fourth-order valence-electron chi connectivity index (χ4n) is 3.12. The van der Waals surface area contributed by atoms with Crippen LogP contribution in [0.4, 0.5) is 11.5 Å². The standard InChI is InChI=1S/C25H21N3O3/c1-17(29)28-19-6-5-9-22(16-19)31-23-14-15-27-25(26)24(23)18-10-12-21(13-11-18)30-20-7-3-2-4-8-20/h2-16H,1H3,(H2,26,27)(H,28,29). The van der Waals surface area contributed by atoms with E-state index < -0.39 is 0 Å². The van der Waals surface area contributed by atoms with Crippen LogP contribution in [-0.4, -0.2) is 10.9 Å². The predicted molar refractivity (Wildman–Crippen MR) is 121 cm³/mol. The molecule has 4 aromatic rings. The van der Waals surface area contributed by atoms with Crippen LogP contribution < -0.4 is 20.5 Å². The summed E-state index contributed by atoms with van der Waals surface area (Å²) in [6.45, 7) is 1.46. The first-order valence-corrected chi connectivity index (χ1v) is 9.72. The molecule has 1 aromatic heterocycles. The Morgan fingerprint density at radius 1 is 0.839 bits per heavy atom. The molecule has 0 spiro atoms. The highest BCUT2D eigenvalue weighted by Crippen LogP contribution is 2.38. The zero-order chi connectivity index (χ0) is 21.6. The van der Waals surface area contributed by atoms with Gasteiger partial charge in [-0.25, -0.2) is 4.98 Å². The van der Waals surface area contributed by atoms with Crippen molar-refractivity contribution in [1.82, 2.24) is 4.98 Å². The topological polar surface area (TPSA) is 86.5 Å². The molecule has 6 nitrogen and oxygen atoms in total. The van der Waals surface area contributed by atoms with Crippen LogP contribution in [0.2, 0.25) is 0 Å². The van der Waals surface area contributed by atoms with E-state index in [9.17, 15) is 4.79 Å². The summed E-state index contributed by atoms with van der Waals surface area (Å²) in [6, 6.07) is 26.0. The molecule has 0 saturated heterocycles. The average molecular weight is 411 g/mol. The highest BCUT2D eigenvalue weighted by molar-refractivity contribution is 5.88. The van der Waals surface area contributed by atoms with E-state index in [2.05, 4.69) is 10.3 Å². The first kappa shape index (κ1) is 20.0. The second-order valence-electron chi connectivity index (χ2n) is 6.82. The summed E-state index contributed by atoms with van der Waals surface area (Å²) in [7, 11) is 0. The van der Waals surface area contributed by atoms with E-state index in [1.165, 1.54) is 6.92 Å². The summed E-state index contributed by atoms with van der Waals surface area (Å²) >= 11 is 0. The van der Waals surface area contributed by atoms with Crippen molar-refractivity contribution in [1.29, 1.82) is 0 Å². The molecule has 1 heterocycles. The third-order valence-corrected chi connectivity index (χ3v) is 4.45. The van der Waals surface area contributed by atoms with Gasteiger partial charge in [0.2, 0.25) is 5.91 Å². The van der Waals surface area contributed by atoms with E-state index in [1.807, 2.05) is 60.7 Å². The van der Waals surface area contributed by atoms with Crippen LogP contribution in [-0.2, 0) is 4.79 Å². The molecule has 3 aromatic carbocycles. The average Bonchev–Trinajstić information content (AvgIpc) is 2.75. The molecule has 0 aliphatic rings. The number of hydrogen-bond acceptors (Lipinski definition) is 5. The van der Waals surface area contributed by atoms with Crippen LogP contribution in [0.15, 0.2) is 91.1 Å². The van der Waals surface area contributed by atoms with Crippen molar-refractivity contribution in [2.75, 3.05) is 11.1 Å². The lowest BCUT2D eigenvalue weighted by molar-refractivity contribution is -0.114. The summed E-state index contributed by atoms with van der Waals surface area (Å²) in [5.74, 6) is 2.81. The van der Waals surface area contributed by atoms with Gasteiger partial charge in [-0.2, -0.15) is 0 Å². The fraction of sp³-hybridized carbons (Fsp3) is 0.0400. The van der Waals surface area contributed by atoms with Gasteiger partial charge in [-0.1, -0.05) is 36.4 Å². The number of pyridine rings is 1. The first-order chi connectivity index (χ1) is 15.1. The summed E-state index contributed by atoms with van der Waals surface area (Å²) in [4.78, 5) is 15.5. The van der Waals surface area contributed by atoms with Crippen LogP contribution in [0, 0.1) is 0 Å². The van der Waals surface area contributed by atoms with Crippen molar-refractivity contribution in [2.45, 2.75) is 6.92 Å². The molecule has 3 N–H and O–H groups in total.